The second kappa shape index (κ2) is 4.56. The summed E-state index contributed by atoms with van der Waals surface area (Å²) in [6.45, 7) is 0. The smallest absolute Gasteiger partial charge is 0.226 e. The third-order valence-electron chi connectivity index (χ3n) is 3.05. The molecule has 6 heteroatoms. The van der Waals surface area contributed by atoms with Gasteiger partial charge in [0.2, 0.25) is 11.9 Å². The molecule has 1 N–H and O–H groups in total. The zero-order valence-corrected chi connectivity index (χ0v) is 11.0. The first kappa shape index (κ1) is 12.5. The number of halogens is 2. The van der Waals surface area contributed by atoms with Gasteiger partial charge in [-0.3, -0.25) is 0 Å². The molecule has 3 aromatic rings. The summed E-state index contributed by atoms with van der Waals surface area (Å²) in [7, 11) is 3.87. The Balaban J connectivity index is 2.13. The van der Waals surface area contributed by atoms with Crippen molar-refractivity contribution in [3.8, 4) is 11.4 Å². The topological polar surface area (TPSA) is 44.8 Å². The Morgan fingerprint density at radius 1 is 1.05 bits per heavy atom. The predicted octanol–water partition coefficient (Wildman–Crippen LogP) is 2.97. The first-order valence-electron chi connectivity index (χ1n) is 6.04. The highest BCUT2D eigenvalue weighted by Gasteiger charge is 2.12. The van der Waals surface area contributed by atoms with E-state index >= 15 is 0 Å². The van der Waals surface area contributed by atoms with Gasteiger partial charge in [0.1, 0.15) is 5.82 Å². The van der Waals surface area contributed by atoms with E-state index in [4.69, 9.17) is 0 Å². The van der Waals surface area contributed by atoms with E-state index in [2.05, 4.69) is 15.0 Å². The lowest BCUT2D eigenvalue weighted by atomic mass is 10.2. The molecule has 2 heterocycles. The third-order valence-corrected chi connectivity index (χ3v) is 3.05. The molecule has 4 nitrogen and oxygen atoms in total. The molecule has 0 fully saturated rings. The van der Waals surface area contributed by atoms with E-state index < -0.39 is 11.9 Å². The molecule has 0 radical (unpaired) electrons. The number of nitrogens with zero attached hydrogens (tertiary/aromatic N) is 3. The van der Waals surface area contributed by atoms with Crippen molar-refractivity contribution in [2.75, 3.05) is 19.0 Å². The molecule has 2 aromatic heterocycles. The van der Waals surface area contributed by atoms with E-state index in [0.29, 0.717) is 11.3 Å². The Hall–Kier alpha value is -2.50. The minimum atomic E-state index is -0.878. The van der Waals surface area contributed by atoms with E-state index in [-0.39, 0.29) is 5.56 Å². The Labute approximate surface area is 114 Å². The van der Waals surface area contributed by atoms with Crippen LogP contribution in [0.3, 0.4) is 0 Å². The summed E-state index contributed by atoms with van der Waals surface area (Å²) in [5.41, 5.74) is 2.66. The van der Waals surface area contributed by atoms with Gasteiger partial charge in [-0.1, -0.05) is 0 Å². The Kier molecular flexibility index (Phi) is 2.85. The molecule has 0 unspecified atom stereocenters. The average molecular weight is 274 g/mol. The highest BCUT2D eigenvalue weighted by atomic mass is 19.1. The Bertz CT molecular complexity index is 780. The number of fused-ring (bicyclic) bond motifs is 1. The van der Waals surface area contributed by atoms with Gasteiger partial charge in [0.05, 0.1) is 16.6 Å². The standard InChI is InChI=1S/C14H12F2N4/c1-20(2)8-3-5-10-11(7-8)18-14(17-10)9-4-6-12(15)19-13(9)16/h3-7H,1-2H3,(H,17,18). The quantitative estimate of drug-likeness (QED) is 0.731. The van der Waals surface area contributed by atoms with Crippen molar-refractivity contribution in [3.63, 3.8) is 0 Å². The fraction of sp³-hybridized carbons (Fsp3) is 0.143. The molecule has 0 atom stereocenters. The van der Waals surface area contributed by atoms with Crippen LogP contribution in [0.15, 0.2) is 30.3 Å². The van der Waals surface area contributed by atoms with Crippen molar-refractivity contribution in [3.05, 3.63) is 42.2 Å². The van der Waals surface area contributed by atoms with Crippen LogP contribution < -0.4 is 4.90 Å². The summed E-state index contributed by atoms with van der Waals surface area (Å²) in [5.74, 6) is -1.39. The van der Waals surface area contributed by atoms with Gasteiger partial charge in [-0.15, -0.1) is 0 Å². The van der Waals surface area contributed by atoms with Crippen LogP contribution in [0.2, 0.25) is 0 Å². The number of aromatic amines is 1. The van der Waals surface area contributed by atoms with Gasteiger partial charge in [0.15, 0.2) is 0 Å². The van der Waals surface area contributed by atoms with E-state index in [9.17, 15) is 8.78 Å². The van der Waals surface area contributed by atoms with Crippen molar-refractivity contribution < 1.29 is 8.78 Å². The van der Waals surface area contributed by atoms with Crippen molar-refractivity contribution in [1.82, 2.24) is 15.0 Å². The second-order valence-electron chi connectivity index (χ2n) is 4.65. The van der Waals surface area contributed by atoms with Crippen molar-refractivity contribution >= 4 is 16.7 Å². The number of rotatable bonds is 2. The molecule has 0 aliphatic carbocycles. The van der Waals surface area contributed by atoms with Crippen molar-refractivity contribution in [2.45, 2.75) is 0 Å². The van der Waals surface area contributed by atoms with E-state index in [1.807, 2.05) is 37.2 Å². The largest absolute Gasteiger partial charge is 0.378 e. The van der Waals surface area contributed by atoms with Gasteiger partial charge in [-0.25, -0.2) is 4.98 Å². The average Bonchev–Trinajstić information content (AvgIpc) is 2.80. The van der Waals surface area contributed by atoms with E-state index in [1.54, 1.807) is 0 Å². The maximum atomic E-state index is 13.7. The molecule has 20 heavy (non-hydrogen) atoms. The predicted molar refractivity (Wildman–Crippen MR) is 73.6 cm³/mol. The molecule has 0 bridgehead atoms. The molecule has 0 aliphatic heterocycles. The monoisotopic (exact) mass is 274 g/mol. The highest BCUT2D eigenvalue weighted by Crippen LogP contribution is 2.24. The van der Waals surface area contributed by atoms with Crippen LogP contribution in [-0.2, 0) is 0 Å². The number of aromatic nitrogens is 3. The van der Waals surface area contributed by atoms with Crippen LogP contribution in [-0.4, -0.2) is 29.0 Å². The Morgan fingerprint density at radius 2 is 1.85 bits per heavy atom. The molecular formula is C14H12F2N4. The number of hydrogen-bond acceptors (Lipinski definition) is 3. The molecule has 0 saturated heterocycles. The third kappa shape index (κ3) is 2.09. The number of imidazole rings is 1. The van der Waals surface area contributed by atoms with Crippen molar-refractivity contribution in [1.29, 1.82) is 0 Å². The fourth-order valence-corrected chi connectivity index (χ4v) is 1.99. The molecule has 1 aromatic carbocycles. The maximum absolute atomic E-state index is 13.7. The van der Waals surface area contributed by atoms with Crippen LogP contribution in [0.5, 0.6) is 0 Å². The summed E-state index contributed by atoms with van der Waals surface area (Å²) < 4.78 is 26.5. The second-order valence-corrected chi connectivity index (χ2v) is 4.65. The number of nitrogens with one attached hydrogen (secondary N) is 1. The fourth-order valence-electron chi connectivity index (χ4n) is 1.99. The highest BCUT2D eigenvalue weighted by molar-refractivity contribution is 5.82. The van der Waals surface area contributed by atoms with Gasteiger partial charge >= 0.3 is 0 Å². The van der Waals surface area contributed by atoms with Gasteiger partial charge in [-0.05, 0) is 30.3 Å². The minimum absolute atomic E-state index is 0.147. The number of H-pyrrole nitrogens is 1. The number of hydrogen-bond donors (Lipinski definition) is 1. The number of anilines is 1. The molecule has 102 valence electrons. The van der Waals surface area contributed by atoms with Crippen molar-refractivity contribution in [2.24, 2.45) is 0 Å². The lowest BCUT2D eigenvalue weighted by Crippen LogP contribution is -2.07. The lowest BCUT2D eigenvalue weighted by Gasteiger charge is -2.11. The lowest BCUT2D eigenvalue weighted by molar-refractivity contribution is 0.514. The summed E-state index contributed by atoms with van der Waals surface area (Å²) in [4.78, 5) is 12.4. The zero-order chi connectivity index (χ0) is 14.3. The van der Waals surface area contributed by atoms with Gasteiger partial charge in [0, 0.05) is 19.8 Å². The van der Waals surface area contributed by atoms with Crippen LogP contribution in [0, 0.1) is 11.9 Å². The van der Waals surface area contributed by atoms with E-state index in [1.165, 1.54) is 6.07 Å². The molecule has 0 spiro atoms. The molecule has 3 rings (SSSR count). The summed E-state index contributed by atoms with van der Waals surface area (Å²) >= 11 is 0. The molecule has 0 amide bonds. The SMILES string of the molecule is CN(C)c1ccc2nc(-c3ccc(F)nc3F)[nH]c2c1. The number of pyridine rings is 1. The van der Waals surface area contributed by atoms with E-state index in [0.717, 1.165) is 17.3 Å². The molecule has 0 saturated carbocycles. The first-order valence-corrected chi connectivity index (χ1v) is 6.04. The zero-order valence-electron chi connectivity index (χ0n) is 11.0. The summed E-state index contributed by atoms with van der Waals surface area (Å²) in [6, 6.07) is 8.12. The van der Waals surface area contributed by atoms with Gasteiger partial charge in [0.25, 0.3) is 0 Å². The minimum Gasteiger partial charge on any atom is -0.378 e. The van der Waals surface area contributed by atoms with Crippen LogP contribution in [0.25, 0.3) is 22.4 Å². The maximum Gasteiger partial charge on any atom is 0.226 e. The molecular weight excluding hydrogens is 262 g/mol. The normalized spacial score (nSPS) is 11.0. The van der Waals surface area contributed by atoms with Crippen LogP contribution in [0.4, 0.5) is 14.5 Å². The van der Waals surface area contributed by atoms with Gasteiger partial charge < -0.3 is 9.88 Å². The molecule has 0 aliphatic rings. The summed E-state index contributed by atoms with van der Waals surface area (Å²) in [5, 5.41) is 0. The first-order chi connectivity index (χ1) is 9.54. The van der Waals surface area contributed by atoms with Crippen LogP contribution in [0.1, 0.15) is 0 Å². The summed E-state index contributed by atoms with van der Waals surface area (Å²) in [6.07, 6.45) is 0. The van der Waals surface area contributed by atoms with Crippen LogP contribution >= 0.6 is 0 Å². The Morgan fingerprint density at radius 3 is 2.55 bits per heavy atom. The van der Waals surface area contributed by atoms with Gasteiger partial charge in [-0.2, -0.15) is 13.8 Å². The number of benzene rings is 1.